The van der Waals surface area contributed by atoms with Gasteiger partial charge in [-0.2, -0.15) is 10.4 Å². The fourth-order valence-electron chi connectivity index (χ4n) is 3.98. The second-order valence-corrected chi connectivity index (χ2v) is 6.82. The smallest absolute Gasteiger partial charge is 0.179 e. The molecule has 1 aliphatic rings. The van der Waals surface area contributed by atoms with Gasteiger partial charge in [0.1, 0.15) is 11.9 Å². The monoisotopic (exact) mass is 344 g/mol. The Hall–Kier alpha value is -3.34. The zero-order valence-corrected chi connectivity index (χ0v) is 14.0. The number of hydrogen-bond donors (Lipinski definition) is 1. The number of aromatic amines is 1. The highest BCUT2D eigenvalue weighted by Crippen LogP contribution is 2.39. The van der Waals surface area contributed by atoms with Crippen molar-refractivity contribution in [3.63, 3.8) is 0 Å². The van der Waals surface area contributed by atoms with E-state index < -0.39 is 0 Å². The summed E-state index contributed by atoms with van der Waals surface area (Å²) in [6.07, 6.45) is 7.80. The summed E-state index contributed by atoms with van der Waals surface area (Å²) >= 11 is 0. The van der Waals surface area contributed by atoms with E-state index >= 15 is 0 Å². The Balaban J connectivity index is 1.39. The van der Waals surface area contributed by atoms with Crippen LogP contribution in [0.2, 0.25) is 0 Å². The van der Waals surface area contributed by atoms with E-state index in [1.54, 1.807) is 12.3 Å². The number of H-pyrrole nitrogens is 1. The molecule has 8 heteroatoms. The van der Waals surface area contributed by atoms with Crippen LogP contribution in [0.15, 0.2) is 30.6 Å². The average Bonchev–Trinajstić information content (AvgIpc) is 3.40. The van der Waals surface area contributed by atoms with Crippen LogP contribution in [0.4, 0.5) is 0 Å². The first-order valence-electron chi connectivity index (χ1n) is 8.71. The molecule has 4 heterocycles. The van der Waals surface area contributed by atoms with Gasteiger partial charge in [0.2, 0.25) is 0 Å². The lowest BCUT2D eigenvalue weighted by molar-refractivity contribution is 0.520. The van der Waals surface area contributed by atoms with Gasteiger partial charge in [-0.25, -0.2) is 4.98 Å². The fourth-order valence-corrected chi connectivity index (χ4v) is 3.98. The highest BCUT2D eigenvalue weighted by molar-refractivity contribution is 5.74. The van der Waals surface area contributed by atoms with E-state index in [1.807, 2.05) is 24.4 Å². The first-order chi connectivity index (χ1) is 12.8. The molecule has 1 fully saturated rings. The molecule has 4 aromatic rings. The van der Waals surface area contributed by atoms with Crippen LogP contribution in [-0.2, 0) is 6.42 Å². The Labute approximate surface area is 148 Å². The Morgan fingerprint density at radius 3 is 2.96 bits per heavy atom. The SMILES string of the molecule is N#Cc1ccc(C[C@H]2CC[C@@H](c3nnc4cnc5[nH]ccc5n34)C2)nn1. The van der Waals surface area contributed by atoms with E-state index in [0.29, 0.717) is 17.5 Å². The number of hydrogen-bond acceptors (Lipinski definition) is 6. The van der Waals surface area contributed by atoms with E-state index in [1.165, 1.54) is 0 Å². The van der Waals surface area contributed by atoms with Crippen molar-refractivity contribution in [2.75, 3.05) is 0 Å². The van der Waals surface area contributed by atoms with Gasteiger partial charge in [0.25, 0.3) is 0 Å². The minimum absolute atomic E-state index is 0.358. The Morgan fingerprint density at radius 2 is 2.12 bits per heavy atom. The van der Waals surface area contributed by atoms with Gasteiger partial charge < -0.3 is 4.98 Å². The molecule has 0 unspecified atom stereocenters. The largest absolute Gasteiger partial charge is 0.345 e. The average molecular weight is 344 g/mol. The van der Waals surface area contributed by atoms with Crippen LogP contribution in [0, 0.1) is 17.2 Å². The fraction of sp³-hybridized carbons (Fsp3) is 0.333. The topological polar surface area (TPSA) is 108 Å². The van der Waals surface area contributed by atoms with E-state index in [0.717, 1.165) is 54.0 Å². The zero-order chi connectivity index (χ0) is 17.5. The summed E-state index contributed by atoms with van der Waals surface area (Å²) in [6.45, 7) is 0. The molecular formula is C18H16N8. The summed E-state index contributed by atoms with van der Waals surface area (Å²) in [5, 5.41) is 25.7. The third kappa shape index (κ3) is 2.40. The molecule has 0 saturated heterocycles. The minimum atomic E-state index is 0.358. The molecule has 1 N–H and O–H groups in total. The van der Waals surface area contributed by atoms with Crippen LogP contribution < -0.4 is 0 Å². The molecule has 26 heavy (non-hydrogen) atoms. The lowest BCUT2D eigenvalue weighted by atomic mass is 9.99. The standard InChI is InChI=1S/C18H16N8/c19-9-14-4-3-13(22-23-14)8-11-1-2-12(7-11)18-25-24-16-10-21-17-15(26(16)18)5-6-20-17/h3-6,10-12,20H,1-2,7-8H2/t11-,12+/m0/s1. The van der Waals surface area contributed by atoms with Crippen LogP contribution in [-0.4, -0.2) is 34.8 Å². The summed E-state index contributed by atoms with van der Waals surface area (Å²) < 4.78 is 2.12. The molecule has 1 saturated carbocycles. The molecule has 0 aromatic carbocycles. The van der Waals surface area contributed by atoms with Crippen LogP contribution in [0.25, 0.3) is 16.8 Å². The van der Waals surface area contributed by atoms with Crippen molar-refractivity contribution >= 4 is 16.8 Å². The van der Waals surface area contributed by atoms with Crippen LogP contribution in [0.3, 0.4) is 0 Å². The quantitative estimate of drug-likeness (QED) is 0.611. The number of nitriles is 1. The maximum atomic E-state index is 8.82. The van der Waals surface area contributed by atoms with E-state index in [9.17, 15) is 0 Å². The maximum Gasteiger partial charge on any atom is 0.179 e. The molecule has 2 atom stereocenters. The second-order valence-electron chi connectivity index (χ2n) is 6.82. The molecule has 0 spiro atoms. The molecule has 128 valence electrons. The summed E-state index contributed by atoms with van der Waals surface area (Å²) in [6, 6.07) is 7.65. The first kappa shape index (κ1) is 15.0. The summed E-state index contributed by atoms with van der Waals surface area (Å²) in [7, 11) is 0. The summed E-state index contributed by atoms with van der Waals surface area (Å²) in [5.74, 6) is 1.93. The highest BCUT2D eigenvalue weighted by atomic mass is 15.3. The van der Waals surface area contributed by atoms with Crippen molar-refractivity contribution in [3.8, 4) is 6.07 Å². The van der Waals surface area contributed by atoms with Gasteiger partial charge in [-0.3, -0.25) is 4.40 Å². The molecule has 8 nitrogen and oxygen atoms in total. The van der Waals surface area contributed by atoms with Gasteiger partial charge in [0.05, 0.1) is 17.4 Å². The number of aromatic nitrogens is 7. The lowest BCUT2D eigenvalue weighted by Gasteiger charge is -2.10. The van der Waals surface area contributed by atoms with E-state index in [-0.39, 0.29) is 0 Å². The first-order valence-corrected chi connectivity index (χ1v) is 8.71. The van der Waals surface area contributed by atoms with Crippen molar-refractivity contribution in [3.05, 3.63) is 47.8 Å². The van der Waals surface area contributed by atoms with Crippen LogP contribution >= 0.6 is 0 Å². The minimum Gasteiger partial charge on any atom is -0.345 e. The lowest BCUT2D eigenvalue weighted by Crippen LogP contribution is -2.05. The number of fused-ring (bicyclic) bond motifs is 3. The Morgan fingerprint density at radius 1 is 1.15 bits per heavy atom. The predicted molar refractivity (Wildman–Crippen MR) is 93.2 cm³/mol. The molecule has 0 amide bonds. The third-order valence-electron chi connectivity index (χ3n) is 5.21. The molecular weight excluding hydrogens is 328 g/mol. The van der Waals surface area contributed by atoms with Crippen molar-refractivity contribution in [1.29, 1.82) is 5.26 Å². The van der Waals surface area contributed by atoms with Crippen LogP contribution in [0.5, 0.6) is 0 Å². The number of rotatable bonds is 3. The van der Waals surface area contributed by atoms with Crippen molar-refractivity contribution < 1.29 is 0 Å². The predicted octanol–water partition coefficient (Wildman–Crippen LogP) is 2.39. The summed E-state index contributed by atoms with van der Waals surface area (Å²) in [5.41, 5.74) is 3.95. The zero-order valence-electron chi connectivity index (χ0n) is 14.0. The van der Waals surface area contributed by atoms with Gasteiger partial charge in [-0.1, -0.05) is 0 Å². The molecule has 0 aliphatic heterocycles. The maximum absolute atomic E-state index is 8.82. The second kappa shape index (κ2) is 5.88. The Kier molecular flexibility index (Phi) is 3.38. The van der Waals surface area contributed by atoms with E-state index in [4.69, 9.17) is 5.26 Å². The highest BCUT2D eigenvalue weighted by Gasteiger charge is 2.30. The van der Waals surface area contributed by atoms with Gasteiger partial charge in [-0.15, -0.1) is 15.3 Å². The number of nitrogens with one attached hydrogen (secondary N) is 1. The normalized spacial score (nSPS) is 20.0. The molecule has 1 aliphatic carbocycles. The number of nitrogens with zero attached hydrogens (tertiary/aromatic N) is 7. The van der Waals surface area contributed by atoms with Crippen molar-refractivity contribution in [2.45, 2.75) is 31.6 Å². The van der Waals surface area contributed by atoms with Gasteiger partial charge >= 0.3 is 0 Å². The van der Waals surface area contributed by atoms with Crippen LogP contribution in [0.1, 0.15) is 42.4 Å². The molecule has 4 aromatic heterocycles. The molecule has 0 bridgehead atoms. The summed E-state index contributed by atoms with van der Waals surface area (Å²) in [4.78, 5) is 7.52. The van der Waals surface area contributed by atoms with Gasteiger partial charge in [0, 0.05) is 12.1 Å². The van der Waals surface area contributed by atoms with E-state index in [2.05, 4.69) is 34.8 Å². The van der Waals surface area contributed by atoms with Gasteiger partial charge in [0.15, 0.2) is 17.0 Å². The Bertz CT molecular complexity index is 1120. The third-order valence-corrected chi connectivity index (χ3v) is 5.21. The molecule has 0 radical (unpaired) electrons. The van der Waals surface area contributed by atoms with Gasteiger partial charge in [-0.05, 0) is 49.8 Å². The molecule has 5 rings (SSSR count). The van der Waals surface area contributed by atoms with Crippen molar-refractivity contribution in [2.24, 2.45) is 5.92 Å². The van der Waals surface area contributed by atoms with Crippen molar-refractivity contribution in [1.82, 2.24) is 34.8 Å².